The van der Waals surface area contributed by atoms with Gasteiger partial charge >= 0.3 is 5.97 Å². The van der Waals surface area contributed by atoms with Crippen molar-refractivity contribution in [3.8, 4) is 11.5 Å². The zero-order valence-electron chi connectivity index (χ0n) is 23.7. The fourth-order valence-electron chi connectivity index (χ4n) is 4.26. The molecule has 0 aliphatic heterocycles. The summed E-state index contributed by atoms with van der Waals surface area (Å²) in [6.07, 6.45) is 18.5. The van der Waals surface area contributed by atoms with E-state index in [9.17, 15) is 9.59 Å². The Morgan fingerprint density at radius 2 is 1.41 bits per heavy atom. The maximum absolute atomic E-state index is 12.6. The number of nitrogens with zero attached hydrogens (tertiary/aromatic N) is 1. The van der Waals surface area contributed by atoms with E-state index in [0.29, 0.717) is 35.7 Å². The highest BCUT2D eigenvalue weighted by molar-refractivity contribution is 9.10. The number of amides is 1. The largest absolute Gasteiger partial charge is 0.494 e. The number of carbonyl (C=O) groups is 2. The van der Waals surface area contributed by atoms with Crippen molar-refractivity contribution in [1.82, 2.24) is 5.43 Å². The topological polar surface area (TPSA) is 77.0 Å². The Balaban J connectivity index is 1.66. The Bertz CT molecular complexity index is 1010. The molecule has 0 atom stereocenters. The molecule has 0 bridgehead atoms. The number of nitrogens with one attached hydrogen (secondary N) is 1. The highest BCUT2D eigenvalue weighted by Crippen LogP contribution is 2.23. The first kappa shape index (κ1) is 32.5. The third-order valence-electron chi connectivity index (χ3n) is 6.48. The molecule has 2 rings (SSSR count). The minimum Gasteiger partial charge on any atom is -0.494 e. The average molecular weight is 602 g/mol. The van der Waals surface area contributed by atoms with Crippen LogP contribution in [0.15, 0.2) is 52.0 Å². The van der Waals surface area contributed by atoms with Crippen molar-refractivity contribution in [2.45, 2.75) is 104 Å². The monoisotopic (exact) mass is 600 g/mol. The second-order valence-corrected chi connectivity index (χ2v) is 10.7. The summed E-state index contributed by atoms with van der Waals surface area (Å²) >= 11 is 3.43. The molecule has 0 saturated carbocycles. The highest BCUT2D eigenvalue weighted by atomic mass is 79.9. The lowest BCUT2D eigenvalue weighted by molar-refractivity contribution is -0.121. The zero-order valence-corrected chi connectivity index (χ0v) is 25.3. The van der Waals surface area contributed by atoms with Crippen LogP contribution in [0.5, 0.6) is 11.5 Å². The molecule has 214 valence electrons. The first-order valence-electron chi connectivity index (χ1n) is 14.6. The number of ether oxygens (including phenoxy) is 2. The summed E-state index contributed by atoms with van der Waals surface area (Å²) in [5, 5.41) is 4.08. The Morgan fingerprint density at radius 3 is 2.00 bits per heavy atom. The normalized spacial score (nSPS) is 11.1. The minimum atomic E-state index is -0.485. The van der Waals surface area contributed by atoms with Crippen molar-refractivity contribution in [1.29, 1.82) is 0 Å². The van der Waals surface area contributed by atoms with Gasteiger partial charge < -0.3 is 9.47 Å². The number of halogens is 1. The van der Waals surface area contributed by atoms with Gasteiger partial charge in [0.05, 0.1) is 18.4 Å². The van der Waals surface area contributed by atoms with E-state index >= 15 is 0 Å². The fraction of sp³-hybridized carbons (Fsp3) is 0.531. The van der Waals surface area contributed by atoms with E-state index in [-0.39, 0.29) is 5.91 Å². The molecule has 2 aromatic rings. The van der Waals surface area contributed by atoms with Crippen LogP contribution in [-0.4, -0.2) is 24.7 Å². The summed E-state index contributed by atoms with van der Waals surface area (Å²) in [6, 6.07) is 12.0. The molecular formula is C32H45BrN2O4. The molecule has 7 heteroatoms. The smallest absolute Gasteiger partial charge is 0.343 e. The predicted octanol–water partition coefficient (Wildman–Crippen LogP) is 9.00. The molecule has 1 amide bonds. The Morgan fingerprint density at radius 1 is 0.821 bits per heavy atom. The summed E-state index contributed by atoms with van der Waals surface area (Å²) in [4.78, 5) is 24.8. The van der Waals surface area contributed by atoms with E-state index in [1.807, 2.05) is 6.92 Å². The number of rotatable bonds is 20. The van der Waals surface area contributed by atoms with E-state index < -0.39 is 5.97 Å². The lowest BCUT2D eigenvalue weighted by Crippen LogP contribution is -2.17. The van der Waals surface area contributed by atoms with Gasteiger partial charge in [-0.25, -0.2) is 10.2 Å². The number of hydrazone groups is 1. The van der Waals surface area contributed by atoms with Gasteiger partial charge in [-0.05, 0) is 55.8 Å². The Labute approximate surface area is 243 Å². The van der Waals surface area contributed by atoms with Crippen LogP contribution >= 0.6 is 15.9 Å². The van der Waals surface area contributed by atoms with Crippen LogP contribution < -0.4 is 14.9 Å². The van der Waals surface area contributed by atoms with Crippen molar-refractivity contribution in [2.75, 3.05) is 6.61 Å². The molecule has 0 spiro atoms. The molecule has 0 fully saturated rings. The molecule has 2 aromatic carbocycles. The highest BCUT2D eigenvalue weighted by Gasteiger charge is 2.12. The average Bonchev–Trinajstić information content (AvgIpc) is 2.93. The first-order valence-corrected chi connectivity index (χ1v) is 15.4. The molecule has 0 aliphatic carbocycles. The third-order valence-corrected chi connectivity index (χ3v) is 6.97. The van der Waals surface area contributed by atoms with Crippen LogP contribution in [0, 0.1) is 0 Å². The Kier molecular flexibility index (Phi) is 16.9. The van der Waals surface area contributed by atoms with E-state index in [1.54, 1.807) is 42.5 Å². The van der Waals surface area contributed by atoms with Crippen molar-refractivity contribution >= 4 is 34.0 Å². The zero-order chi connectivity index (χ0) is 28.1. The van der Waals surface area contributed by atoms with Gasteiger partial charge in [0.25, 0.3) is 0 Å². The lowest BCUT2D eigenvalue weighted by atomic mass is 10.0. The second kappa shape index (κ2) is 20.3. The van der Waals surface area contributed by atoms with Gasteiger partial charge in [0, 0.05) is 16.5 Å². The molecular weight excluding hydrogens is 556 g/mol. The lowest BCUT2D eigenvalue weighted by Gasteiger charge is -2.09. The molecule has 0 radical (unpaired) electrons. The number of benzene rings is 2. The van der Waals surface area contributed by atoms with Crippen LogP contribution in [0.2, 0.25) is 0 Å². The first-order chi connectivity index (χ1) is 19.0. The molecule has 0 aliphatic rings. The van der Waals surface area contributed by atoms with E-state index in [4.69, 9.17) is 9.47 Å². The molecule has 6 nitrogen and oxygen atoms in total. The maximum Gasteiger partial charge on any atom is 0.343 e. The summed E-state index contributed by atoms with van der Waals surface area (Å²) in [5.41, 5.74) is 3.57. The van der Waals surface area contributed by atoms with Crippen molar-refractivity contribution in [3.05, 3.63) is 58.1 Å². The van der Waals surface area contributed by atoms with Gasteiger partial charge in [-0.1, -0.05) is 99.9 Å². The minimum absolute atomic E-state index is 0.114. The van der Waals surface area contributed by atoms with Crippen LogP contribution in [0.25, 0.3) is 0 Å². The fourth-order valence-corrected chi connectivity index (χ4v) is 4.64. The molecule has 1 N–H and O–H groups in total. The van der Waals surface area contributed by atoms with E-state index in [0.717, 1.165) is 17.3 Å². The summed E-state index contributed by atoms with van der Waals surface area (Å²) in [7, 11) is 0. The second-order valence-electron chi connectivity index (χ2n) is 9.81. The molecule has 0 heterocycles. The predicted molar refractivity (Wildman–Crippen MR) is 163 cm³/mol. The number of unbranched alkanes of at least 4 members (excludes halogenated alkanes) is 12. The summed E-state index contributed by atoms with van der Waals surface area (Å²) in [6.45, 7) is 4.72. The van der Waals surface area contributed by atoms with Crippen molar-refractivity contribution in [3.63, 3.8) is 0 Å². The van der Waals surface area contributed by atoms with Crippen molar-refractivity contribution in [2.24, 2.45) is 5.10 Å². The number of carbonyl (C=O) groups excluding carboxylic acids is 2. The molecule has 39 heavy (non-hydrogen) atoms. The summed E-state index contributed by atoms with van der Waals surface area (Å²) in [5.74, 6) is 0.449. The molecule has 0 aromatic heterocycles. The Hall–Kier alpha value is -2.67. The van der Waals surface area contributed by atoms with Crippen LogP contribution in [0.1, 0.15) is 120 Å². The number of esters is 1. The third kappa shape index (κ3) is 14.3. The maximum atomic E-state index is 12.6. The van der Waals surface area contributed by atoms with E-state index in [2.05, 4.69) is 33.4 Å². The van der Waals surface area contributed by atoms with Gasteiger partial charge in [-0.3, -0.25) is 4.79 Å². The van der Waals surface area contributed by atoms with Gasteiger partial charge in [-0.15, -0.1) is 0 Å². The quantitative estimate of drug-likeness (QED) is 0.0540. The van der Waals surface area contributed by atoms with Crippen LogP contribution in [0.4, 0.5) is 0 Å². The van der Waals surface area contributed by atoms with Crippen molar-refractivity contribution < 1.29 is 19.1 Å². The van der Waals surface area contributed by atoms with Gasteiger partial charge in [-0.2, -0.15) is 5.10 Å². The molecule has 0 saturated heterocycles. The van der Waals surface area contributed by atoms with E-state index in [1.165, 1.54) is 76.8 Å². The molecule has 0 unspecified atom stereocenters. The SMILES string of the molecule is CCCCCCCCCCCCCCCC(=O)N/N=C\c1cc(Br)ccc1OC(=O)c1ccc(OCC)cc1. The number of hydrogen-bond donors (Lipinski definition) is 1. The number of hydrogen-bond acceptors (Lipinski definition) is 5. The van der Waals surface area contributed by atoms with Crippen LogP contribution in [-0.2, 0) is 4.79 Å². The van der Waals surface area contributed by atoms with Gasteiger partial charge in [0.15, 0.2) is 0 Å². The standard InChI is InChI=1S/C32H45BrN2O4/c1-3-5-6-7-8-9-10-11-12-13-14-15-16-17-31(36)35-34-25-27-24-28(33)20-23-30(27)39-32(37)26-18-21-29(22-19-26)38-4-2/h18-25H,3-17H2,1-2H3,(H,35,36)/b34-25-. The van der Waals surface area contributed by atoms with Gasteiger partial charge in [0.2, 0.25) is 5.91 Å². The summed E-state index contributed by atoms with van der Waals surface area (Å²) < 4.78 is 11.8. The van der Waals surface area contributed by atoms with Crippen LogP contribution in [0.3, 0.4) is 0 Å². The van der Waals surface area contributed by atoms with Gasteiger partial charge in [0.1, 0.15) is 11.5 Å².